The SMILES string of the molecule is COc1ccnc(OC)c1CN=[N+]=[N-]. The molecular formula is C8H10N4O2. The summed E-state index contributed by atoms with van der Waals surface area (Å²) in [5.41, 5.74) is 8.86. The minimum absolute atomic E-state index is 0.163. The fourth-order valence-electron chi connectivity index (χ4n) is 1.07. The molecular weight excluding hydrogens is 184 g/mol. The lowest BCUT2D eigenvalue weighted by molar-refractivity contribution is 0.373. The lowest BCUT2D eigenvalue weighted by Crippen LogP contribution is -1.97. The second-order valence-corrected chi connectivity index (χ2v) is 2.39. The van der Waals surface area contributed by atoms with Crippen LogP contribution in [0, 0.1) is 0 Å². The van der Waals surface area contributed by atoms with E-state index in [2.05, 4.69) is 15.0 Å². The van der Waals surface area contributed by atoms with E-state index in [1.54, 1.807) is 12.3 Å². The van der Waals surface area contributed by atoms with Crippen LogP contribution in [-0.4, -0.2) is 19.2 Å². The molecule has 0 aliphatic rings. The van der Waals surface area contributed by atoms with Crippen molar-refractivity contribution in [3.8, 4) is 11.6 Å². The van der Waals surface area contributed by atoms with E-state index in [9.17, 15) is 0 Å². The number of hydrogen-bond donors (Lipinski definition) is 0. The zero-order valence-corrected chi connectivity index (χ0v) is 7.97. The van der Waals surface area contributed by atoms with Crippen LogP contribution in [0.25, 0.3) is 10.4 Å². The van der Waals surface area contributed by atoms with Gasteiger partial charge in [-0.25, -0.2) is 4.98 Å². The van der Waals surface area contributed by atoms with Crippen molar-refractivity contribution in [2.24, 2.45) is 5.11 Å². The standard InChI is InChI=1S/C8H10N4O2/c1-13-7-3-4-10-8(14-2)6(7)5-11-12-9/h3-4H,5H2,1-2H3. The second kappa shape index (κ2) is 4.94. The van der Waals surface area contributed by atoms with Crippen LogP contribution >= 0.6 is 0 Å². The molecule has 0 N–H and O–H groups in total. The lowest BCUT2D eigenvalue weighted by Gasteiger charge is -2.09. The predicted octanol–water partition coefficient (Wildman–Crippen LogP) is 1.91. The summed E-state index contributed by atoms with van der Waals surface area (Å²) in [5.74, 6) is 1.01. The van der Waals surface area contributed by atoms with Gasteiger partial charge in [-0.3, -0.25) is 0 Å². The maximum Gasteiger partial charge on any atom is 0.220 e. The Kier molecular flexibility index (Phi) is 3.58. The van der Waals surface area contributed by atoms with Crippen LogP contribution in [0.5, 0.6) is 11.6 Å². The Labute approximate surface area is 81.1 Å². The number of aromatic nitrogens is 1. The number of hydrogen-bond acceptors (Lipinski definition) is 4. The van der Waals surface area contributed by atoms with Crippen LogP contribution in [0.2, 0.25) is 0 Å². The van der Waals surface area contributed by atoms with Crippen LogP contribution in [0.15, 0.2) is 17.4 Å². The van der Waals surface area contributed by atoms with Crippen molar-refractivity contribution in [1.82, 2.24) is 4.98 Å². The number of methoxy groups -OCH3 is 2. The van der Waals surface area contributed by atoms with Crippen molar-refractivity contribution < 1.29 is 9.47 Å². The van der Waals surface area contributed by atoms with Crippen LogP contribution in [0.4, 0.5) is 0 Å². The normalized spacial score (nSPS) is 9.00. The fourth-order valence-corrected chi connectivity index (χ4v) is 1.07. The van der Waals surface area contributed by atoms with E-state index in [4.69, 9.17) is 15.0 Å². The molecule has 0 saturated heterocycles. The summed E-state index contributed by atoms with van der Waals surface area (Å²) in [6.45, 7) is 0.163. The molecule has 1 heterocycles. The van der Waals surface area contributed by atoms with E-state index < -0.39 is 0 Å². The highest BCUT2D eigenvalue weighted by molar-refractivity contribution is 5.39. The average molecular weight is 194 g/mol. The highest BCUT2D eigenvalue weighted by Gasteiger charge is 2.09. The Bertz CT molecular complexity index is 338. The van der Waals surface area contributed by atoms with Gasteiger partial charge in [-0.05, 0) is 11.6 Å². The van der Waals surface area contributed by atoms with E-state index in [-0.39, 0.29) is 6.54 Å². The molecule has 0 fully saturated rings. The van der Waals surface area contributed by atoms with Gasteiger partial charge in [-0.15, -0.1) is 0 Å². The second-order valence-electron chi connectivity index (χ2n) is 2.39. The summed E-state index contributed by atoms with van der Waals surface area (Å²) in [5, 5.41) is 3.44. The fraction of sp³-hybridized carbons (Fsp3) is 0.375. The highest BCUT2D eigenvalue weighted by atomic mass is 16.5. The van der Waals surface area contributed by atoms with Crippen molar-refractivity contribution in [1.29, 1.82) is 0 Å². The molecule has 0 amide bonds. The molecule has 6 nitrogen and oxygen atoms in total. The Morgan fingerprint density at radius 2 is 2.29 bits per heavy atom. The molecule has 6 heteroatoms. The van der Waals surface area contributed by atoms with E-state index in [0.717, 1.165) is 0 Å². The molecule has 74 valence electrons. The number of pyridine rings is 1. The molecule has 0 radical (unpaired) electrons. The Morgan fingerprint density at radius 3 is 2.86 bits per heavy atom. The monoisotopic (exact) mass is 194 g/mol. The minimum Gasteiger partial charge on any atom is -0.496 e. The van der Waals surface area contributed by atoms with Gasteiger partial charge in [0.25, 0.3) is 0 Å². The number of nitrogens with zero attached hydrogens (tertiary/aromatic N) is 4. The first kappa shape index (κ1) is 10.1. The van der Waals surface area contributed by atoms with Gasteiger partial charge in [0.05, 0.1) is 26.3 Å². The van der Waals surface area contributed by atoms with Gasteiger partial charge in [-0.1, -0.05) is 5.11 Å². The molecule has 0 aliphatic carbocycles. The van der Waals surface area contributed by atoms with E-state index in [0.29, 0.717) is 17.2 Å². The lowest BCUT2D eigenvalue weighted by atomic mass is 10.2. The predicted molar refractivity (Wildman–Crippen MR) is 50.2 cm³/mol. The van der Waals surface area contributed by atoms with E-state index in [1.807, 2.05) is 0 Å². The van der Waals surface area contributed by atoms with Gasteiger partial charge in [0.1, 0.15) is 5.75 Å². The maximum absolute atomic E-state index is 8.21. The molecule has 0 saturated carbocycles. The topological polar surface area (TPSA) is 80.1 Å². The number of ether oxygens (including phenoxy) is 2. The zero-order valence-electron chi connectivity index (χ0n) is 7.97. The first-order valence-electron chi connectivity index (χ1n) is 3.90. The minimum atomic E-state index is 0.163. The van der Waals surface area contributed by atoms with Crippen molar-refractivity contribution in [3.63, 3.8) is 0 Å². The molecule has 1 aromatic heterocycles. The first-order chi connectivity index (χ1) is 6.83. The molecule has 0 aromatic carbocycles. The third-order valence-electron chi connectivity index (χ3n) is 1.68. The van der Waals surface area contributed by atoms with Crippen molar-refractivity contribution in [2.45, 2.75) is 6.54 Å². The smallest absolute Gasteiger partial charge is 0.220 e. The average Bonchev–Trinajstić information content (AvgIpc) is 2.25. The first-order valence-corrected chi connectivity index (χ1v) is 3.90. The molecule has 0 spiro atoms. The number of azide groups is 1. The Balaban J connectivity index is 3.11. The van der Waals surface area contributed by atoms with Crippen LogP contribution < -0.4 is 9.47 Å². The van der Waals surface area contributed by atoms with Gasteiger partial charge in [0.2, 0.25) is 5.88 Å². The summed E-state index contributed by atoms with van der Waals surface area (Å²) in [7, 11) is 3.04. The molecule has 0 atom stereocenters. The zero-order chi connectivity index (χ0) is 10.4. The van der Waals surface area contributed by atoms with Crippen LogP contribution in [0.3, 0.4) is 0 Å². The van der Waals surface area contributed by atoms with E-state index >= 15 is 0 Å². The summed E-state index contributed by atoms with van der Waals surface area (Å²) in [6.07, 6.45) is 1.57. The Hall–Kier alpha value is -1.94. The van der Waals surface area contributed by atoms with Gasteiger partial charge in [-0.2, -0.15) is 0 Å². The van der Waals surface area contributed by atoms with Gasteiger partial charge in [0, 0.05) is 11.1 Å². The third-order valence-corrected chi connectivity index (χ3v) is 1.68. The molecule has 1 aromatic rings. The molecule has 14 heavy (non-hydrogen) atoms. The van der Waals surface area contributed by atoms with Gasteiger partial charge >= 0.3 is 0 Å². The summed E-state index contributed by atoms with van der Waals surface area (Å²) in [6, 6.07) is 1.69. The van der Waals surface area contributed by atoms with Crippen molar-refractivity contribution >= 4 is 0 Å². The quantitative estimate of drug-likeness (QED) is 0.417. The largest absolute Gasteiger partial charge is 0.496 e. The summed E-state index contributed by atoms with van der Waals surface area (Å²) in [4.78, 5) is 6.64. The Morgan fingerprint density at radius 1 is 1.50 bits per heavy atom. The van der Waals surface area contributed by atoms with Gasteiger partial charge < -0.3 is 9.47 Å². The molecule has 0 unspecified atom stereocenters. The molecule has 0 aliphatic heterocycles. The summed E-state index contributed by atoms with van der Waals surface area (Å²) >= 11 is 0. The van der Waals surface area contributed by atoms with Gasteiger partial charge in [0.15, 0.2) is 0 Å². The highest BCUT2D eigenvalue weighted by Crippen LogP contribution is 2.26. The maximum atomic E-state index is 8.21. The van der Waals surface area contributed by atoms with E-state index in [1.165, 1.54) is 14.2 Å². The van der Waals surface area contributed by atoms with Crippen LogP contribution in [-0.2, 0) is 6.54 Å². The van der Waals surface area contributed by atoms with Crippen LogP contribution in [0.1, 0.15) is 5.56 Å². The number of rotatable bonds is 4. The molecule has 1 rings (SSSR count). The van der Waals surface area contributed by atoms with Crippen molar-refractivity contribution in [2.75, 3.05) is 14.2 Å². The summed E-state index contributed by atoms with van der Waals surface area (Å²) < 4.78 is 10.1. The third kappa shape index (κ3) is 2.05. The van der Waals surface area contributed by atoms with Crippen molar-refractivity contribution in [3.05, 3.63) is 28.3 Å². The molecule has 0 bridgehead atoms.